The summed E-state index contributed by atoms with van der Waals surface area (Å²) in [6.07, 6.45) is -0.626. The van der Waals surface area contributed by atoms with Crippen LogP contribution in [0.1, 0.15) is 10.4 Å². The lowest BCUT2D eigenvalue weighted by molar-refractivity contribution is -0.119. The highest BCUT2D eigenvalue weighted by atomic mass is 16.5. The van der Waals surface area contributed by atoms with Crippen molar-refractivity contribution in [1.82, 2.24) is 0 Å². The fourth-order valence-corrected chi connectivity index (χ4v) is 2.90. The van der Waals surface area contributed by atoms with Gasteiger partial charge in [-0.25, -0.2) is 9.59 Å². The Hall–Kier alpha value is -3.87. The lowest BCUT2D eigenvalue weighted by Crippen LogP contribution is -2.28. The van der Waals surface area contributed by atoms with E-state index in [9.17, 15) is 14.4 Å². The maximum Gasteiger partial charge on any atom is 0.413 e. The molecular weight excluding hydrogens is 372 g/mol. The number of amides is 2. The van der Waals surface area contributed by atoms with Gasteiger partial charge in [-0.2, -0.15) is 0 Å². The number of esters is 1. The number of carbonyl (C=O) groups is 3. The van der Waals surface area contributed by atoms with Crippen LogP contribution < -0.4 is 10.2 Å². The molecule has 3 aromatic rings. The average molecular weight is 392 g/mol. The molecule has 0 aliphatic rings. The number of ether oxygens (including phenoxy) is 2. The van der Waals surface area contributed by atoms with Gasteiger partial charge in [-0.15, -0.1) is 0 Å². The Kier molecular flexibility index (Phi) is 6.09. The molecule has 3 aromatic carbocycles. The third-order valence-corrected chi connectivity index (χ3v) is 4.33. The summed E-state index contributed by atoms with van der Waals surface area (Å²) in [4.78, 5) is 37.7. The Morgan fingerprint density at radius 2 is 1.62 bits per heavy atom. The summed E-state index contributed by atoms with van der Waals surface area (Å²) in [7, 11) is 2.72. The standard InChI is InChI=1S/C22H20N2O5/c1-24(22(27)28-2)19-13-6-5-11-17(19)21(26)29-14-20(25)23-18-12-7-9-15-8-3-4-10-16(15)18/h3-13H,14H2,1-2H3,(H,23,25). The fraction of sp³-hybridized carbons (Fsp3) is 0.136. The molecule has 148 valence electrons. The van der Waals surface area contributed by atoms with Crippen molar-refractivity contribution in [3.8, 4) is 0 Å². The van der Waals surface area contributed by atoms with E-state index < -0.39 is 24.6 Å². The molecular formula is C22H20N2O5. The molecule has 0 saturated carbocycles. The second-order valence-corrected chi connectivity index (χ2v) is 6.20. The first kappa shape index (κ1) is 19.9. The fourth-order valence-electron chi connectivity index (χ4n) is 2.90. The van der Waals surface area contributed by atoms with Gasteiger partial charge in [-0.3, -0.25) is 9.69 Å². The van der Waals surface area contributed by atoms with Gasteiger partial charge >= 0.3 is 12.1 Å². The van der Waals surface area contributed by atoms with Crippen molar-refractivity contribution in [3.63, 3.8) is 0 Å². The van der Waals surface area contributed by atoms with E-state index in [4.69, 9.17) is 4.74 Å². The van der Waals surface area contributed by atoms with Gasteiger partial charge in [0, 0.05) is 18.1 Å². The van der Waals surface area contributed by atoms with Crippen LogP contribution >= 0.6 is 0 Å². The molecule has 0 radical (unpaired) electrons. The zero-order valence-electron chi connectivity index (χ0n) is 16.0. The van der Waals surface area contributed by atoms with Gasteiger partial charge in [0.1, 0.15) is 0 Å². The number of anilines is 2. The van der Waals surface area contributed by atoms with Gasteiger partial charge in [-0.05, 0) is 23.6 Å². The summed E-state index contributed by atoms with van der Waals surface area (Å²) >= 11 is 0. The molecule has 0 bridgehead atoms. The van der Waals surface area contributed by atoms with Gasteiger partial charge in [-0.1, -0.05) is 48.5 Å². The van der Waals surface area contributed by atoms with Crippen molar-refractivity contribution in [3.05, 3.63) is 72.3 Å². The summed E-state index contributed by atoms with van der Waals surface area (Å²) in [6.45, 7) is -0.460. The second-order valence-electron chi connectivity index (χ2n) is 6.20. The van der Waals surface area contributed by atoms with Gasteiger partial charge < -0.3 is 14.8 Å². The highest BCUT2D eigenvalue weighted by Crippen LogP contribution is 2.23. The van der Waals surface area contributed by atoms with E-state index in [1.165, 1.54) is 25.1 Å². The molecule has 0 saturated heterocycles. The summed E-state index contributed by atoms with van der Waals surface area (Å²) < 4.78 is 9.82. The van der Waals surface area contributed by atoms with Crippen LogP contribution in [0.25, 0.3) is 10.8 Å². The summed E-state index contributed by atoms with van der Waals surface area (Å²) in [5.74, 6) is -1.18. The van der Waals surface area contributed by atoms with Gasteiger partial charge in [0.25, 0.3) is 5.91 Å². The van der Waals surface area contributed by atoms with Gasteiger partial charge in [0.15, 0.2) is 6.61 Å². The number of nitrogens with one attached hydrogen (secondary N) is 1. The Balaban J connectivity index is 1.68. The minimum atomic E-state index is -0.718. The summed E-state index contributed by atoms with van der Waals surface area (Å²) in [5.41, 5.74) is 1.10. The maximum atomic E-state index is 12.5. The van der Waals surface area contributed by atoms with Crippen molar-refractivity contribution in [2.45, 2.75) is 0 Å². The number of fused-ring (bicyclic) bond motifs is 1. The molecule has 0 atom stereocenters. The van der Waals surface area contributed by atoms with Gasteiger partial charge in [0.05, 0.1) is 18.4 Å². The van der Waals surface area contributed by atoms with E-state index in [-0.39, 0.29) is 5.56 Å². The monoisotopic (exact) mass is 392 g/mol. The normalized spacial score (nSPS) is 10.3. The number of hydrogen-bond donors (Lipinski definition) is 1. The van der Waals surface area contributed by atoms with Crippen LogP contribution in [0.2, 0.25) is 0 Å². The smallest absolute Gasteiger partial charge is 0.413 e. The summed E-state index contributed by atoms with van der Waals surface area (Å²) in [5, 5.41) is 4.63. The third kappa shape index (κ3) is 4.52. The van der Waals surface area contributed by atoms with E-state index in [0.29, 0.717) is 11.4 Å². The van der Waals surface area contributed by atoms with E-state index in [0.717, 1.165) is 10.8 Å². The molecule has 0 unspecified atom stereocenters. The predicted octanol–water partition coefficient (Wildman–Crippen LogP) is 3.84. The van der Waals surface area contributed by atoms with Crippen molar-refractivity contribution >= 4 is 40.1 Å². The van der Waals surface area contributed by atoms with E-state index in [1.807, 2.05) is 36.4 Å². The number of rotatable bonds is 5. The molecule has 0 aliphatic heterocycles. The molecule has 29 heavy (non-hydrogen) atoms. The SMILES string of the molecule is COC(=O)N(C)c1ccccc1C(=O)OCC(=O)Nc1cccc2ccccc12. The van der Waals surface area contributed by atoms with Crippen LogP contribution in [0.5, 0.6) is 0 Å². The van der Waals surface area contributed by atoms with Crippen LogP contribution in [-0.2, 0) is 14.3 Å². The highest BCUT2D eigenvalue weighted by Gasteiger charge is 2.20. The zero-order chi connectivity index (χ0) is 20.8. The number of nitrogens with zero attached hydrogens (tertiary/aromatic N) is 1. The second kappa shape index (κ2) is 8.88. The molecule has 0 aliphatic carbocycles. The minimum absolute atomic E-state index is 0.151. The molecule has 1 N–H and O–H groups in total. The molecule has 0 aromatic heterocycles. The zero-order valence-corrected chi connectivity index (χ0v) is 16.0. The number of methoxy groups -OCH3 is 1. The topological polar surface area (TPSA) is 84.9 Å². The van der Waals surface area contributed by atoms with Crippen molar-refractivity contribution in [1.29, 1.82) is 0 Å². The van der Waals surface area contributed by atoms with Crippen LogP contribution in [0.4, 0.5) is 16.2 Å². The Morgan fingerprint density at radius 1 is 0.931 bits per heavy atom. The van der Waals surface area contributed by atoms with E-state index >= 15 is 0 Å². The quantitative estimate of drug-likeness (QED) is 0.667. The van der Waals surface area contributed by atoms with Gasteiger partial charge in [0.2, 0.25) is 0 Å². The molecule has 0 spiro atoms. The number of hydrogen-bond acceptors (Lipinski definition) is 5. The van der Waals surface area contributed by atoms with Crippen LogP contribution in [-0.4, -0.2) is 38.7 Å². The Labute approximate surface area is 167 Å². The molecule has 0 fully saturated rings. The van der Waals surface area contributed by atoms with Crippen molar-refractivity contribution < 1.29 is 23.9 Å². The van der Waals surface area contributed by atoms with E-state index in [1.54, 1.807) is 24.3 Å². The molecule has 2 amide bonds. The maximum absolute atomic E-state index is 12.5. The number of benzene rings is 3. The molecule has 3 rings (SSSR count). The molecule has 0 heterocycles. The first-order valence-corrected chi connectivity index (χ1v) is 8.86. The first-order chi connectivity index (χ1) is 14.0. The summed E-state index contributed by atoms with van der Waals surface area (Å²) in [6, 6.07) is 19.6. The lowest BCUT2D eigenvalue weighted by atomic mass is 10.1. The first-order valence-electron chi connectivity index (χ1n) is 8.86. The van der Waals surface area contributed by atoms with E-state index in [2.05, 4.69) is 10.1 Å². The van der Waals surface area contributed by atoms with Crippen molar-refractivity contribution in [2.75, 3.05) is 31.0 Å². The lowest BCUT2D eigenvalue weighted by Gasteiger charge is -2.18. The number of para-hydroxylation sites is 1. The van der Waals surface area contributed by atoms with Crippen LogP contribution in [0, 0.1) is 0 Å². The van der Waals surface area contributed by atoms with Crippen LogP contribution in [0.3, 0.4) is 0 Å². The third-order valence-electron chi connectivity index (χ3n) is 4.33. The Bertz CT molecular complexity index is 1060. The largest absolute Gasteiger partial charge is 0.452 e. The molecule has 7 nitrogen and oxygen atoms in total. The predicted molar refractivity (Wildman–Crippen MR) is 110 cm³/mol. The Morgan fingerprint density at radius 3 is 2.41 bits per heavy atom. The average Bonchev–Trinajstić information content (AvgIpc) is 2.76. The molecule has 7 heteroatoms. The minimum Gasteiger partial charge on any atom is -0.452 e. The van der Waals surface area contributed by atoms with Crippen molar-refractivity contribution in [2.24, 2.45) is 0 Å². The number of carbonyl (C=O) groups excluding carboxylic acids is 3. The highest BCUT2D eigenvalue weighted by molar-refractivity contribution is 6.04. The van der Waals surface area contributed by atoms with Crippen LogP contribution in [0.15, 0.2) is 66.7 Å².